The molecule has 1 N–H and O–H groups in total. The second-order valence-corrected chi connectivity index (χ2v) is 6.30. The van der Waals surface area contributed by atoms with E-state index in [1.165, 1.54) is 19.2 Å². The Balaban J connectivity index is 1.73. The van der Waals surface area contributed by atoms with Crippen LogP contribution in [0.1, 0.15) is 37.4 Å². The summed E-state index contributed by atoms with van der Waals surface area (Å²) < 4.78 is 7.10. The van der Waals surface area contributed by atoms with Crippen molar-refractivity contribution in [2.45, 2.75) is 31.8 Å². The van der Waals surface area contributed by atoms with Crippen molar-refractivity contribution in [3.63, 3.8) is 0 Å². The Hall–Kier alpha value is -2.41. The molecule has 0 unspecified atom stereocenters. The maximum absolute atomic E-state index is 12.5. The number of ether oxygens (including phenoxy) is 1. The maximum Gasteiger partial charge on any atom is 0.244 e. The van der Waals surface area contributed by atoms with Crippen LogP contribution in [0.5, 0.6) is 5.75 Å². The fraction of sp³-hybridized carbons (Fsp3) is 0.500. The predicted octanol–water partition coefficient (Wildman–Crippen LogP) is 1.80. The normalized spacial score (nSPS) is 17.2. The Morgan fingerprint density at radius 3 is 2.76 bits per heavy atom. The first-order chi connectivity index (χ1) is 12.2. The lowest BCUT2D eigenvalue weighted by Crippen LogP contribution is -2.39. The van der Waals surface area contributed by atoms with Gasteiger partial charge in [-0.2, -0.15) is 5.10 Å². The van der Waals surface area contributed by atoms with E-state index in [9.17, 15) is 4.79 Å². The molecule has 0 saturated carbocycles. The Kier molecular flexibility index (Phi) is 5.65. The molecule has 7 nitrogen and oxygen atoms in total. The summed E-state index contributed by atoms with van der Waals surface area (Å²) in [5.41, 5.74) is 1.11. The summed E-state index contributed by atoms with van der Waals surface area (Å²) in [4.78, 5) is 18.8. The van der Waals surface area contributed by atoms with E-state index in [-0.39, 0.29) is 18.0 Å². The molecule has 0 bridgehead atoms. The van der Waals surface area contributed by atoms with Crippen LogP contribution in [-0.4, -0.2) is 52.3 Å². The summed E-state index contributed by atoms with van der Waals surface area (Å²) in [5.74, 6) is 0.794. The number of para-hydroxylation sites is 1. The number of nitrogens with zero attached hydrogens (tertiary/aromatic N) is 4. The molecule has 1 saturated heterocycles. The van der Waals surface area contributed by atoms with E-state index >= 15 is 0 Å². The minimum Gasteiger partial charge on any atom is -0.496 e. The van der Waals surface area contributed by atoms with Crippen molar-refractivity contribution >= 4 is 5.91 Å². The van der Waals surface area contributed by atoms with Crippen molar-refractivity contribution in [2.24, 2.45) is 0 Å². The van der Waals surface area contributed by atoms with Crippen LogP contribution < -0.4 is 10.1 Å². The predicted molar refractivity (Wildman–Crippen MR) is 94.3 cm³/mol. The summed E-state index contributed by atoms with van der Waals surface area (Å²) >= 11 is 0. The van der Waals surface area contributed by atoms with Gasteiger partial charge in [0.1, 0.15) is 24.4 Å². The molecule has 0 spiro atoms. The molecule has 2 atom stereocenters. The molecule has 1 aromatic carbocycles. The maximum atomic E-state index is 12.5. The molecule has 2 aromatic rings. The zero-order valence-electron chi connectivity index (χ0n) is 14.8. The van der Waals surface area contributed by atoms with Crippen LogP contribution in [0.2, 0.25) is 0 Å². The van der Waals surface area contributed by atoms with Crippen LogP contribution >= 0.6 is 0 Å². The highest BCUT2D eigenvalue weighted by Crippen LogP contribution is 2.31. The van der Waals surface area contributed by atoms with E-state index < -0.39 is 0 Å². The molecule has 1 aromatic heterocycles. The molecule has 1 amide bonds. The Bertz CT molecular complexity index is 683. The number of carbonyl (C=O) groups excluding carboxylic acids is 1. The van der Waals surface area contributed by atoms with E-state index in [4.69, 9.17) is 4.74 Å². The first-order valence-corrected chi connectivity index (χ1v) is 8.69. The minimum absolute atomic E-state index is 0.0652. The molecule has 1 aliphatic heterocycles. The molecular formula is C18H25N5O2. The topological polar surface area (TPSA) is 72.3 Å². The number of nitrogens with one attached hydrogen (secondary N) is 1. The third kappa shape index (κ3) is 3.99. The lowest BCUT2D eigenvalue weighted by Gasteiger charge is -2.29. The van der Waals surface area contributed by atoms with Crippen molar-refractivity contribution in [3.05, 3.63) is 42.5 Å². The van der Waals surface area contributed by atoms with Crippen LogP contribution in [0.15, 0.2) is 36.9 Å². The Morgan fingerprint density at radius 2 is 2.08 bits per heavy atom. The molecule has 134 valence electrons. The number of hydrogen-bond acceptors (Lipinski definition) is 5. The van der Waals surface area contributed by atoms with Gasteiger partial charge in [-0.25, -0.2) is 9.67 Å². The third-order valence-corrected chi connectivity index (χ3v) is 4.76. The van der Waals surface area contributed by atoms with Crippen LogP contribution in [-0.2, 0) is 4.79 Å². The van der Waals surface area contributed by atoms with Crippen molar-refractivity contribution in [1.29, 1.82) is 0 Å². The van der Waals surface area contributed by atoms with E-state index in [0.717, 1.165) is 24.4 Å². The SMILES string of the molecule is COc1ccccc1[C@H](CNC(=O)[C@H](C)n1cncn1)N1CCCC1. The van der Waals surface area contributed by atoms with E-state index in [2.05, 4.69) is 26.4 Å². The van der Waals surface area contributed by atoms with E-state index in [1.807, 2.05) is 25.1 Å². The van der Waals surface area contributed by atoms with Gasteiger partial charge in [0, 0.05) is 12.1 Å². The number of benzene rings is 1. The van der Waals surface area contributed by atoms with Crippen LogP contribution in [0.25, 0.3) is 0 Å². The van der Waals surface area contributed by atoms with Gasteiger partial charge in [0.25, 0.3) is 0 Å². The van der Waals surface area contributed by atoms with Crippen molar-refractivity contribution in [3.8, 4) is 5.75 Å². The van der Waals surface area contributed by atoms with Gasteiger partial charge < -0.3 is 10.1 Å². The quantitative estimate of drug-likeness (QED) is 0.830. The lowest BCUT2D eigenvalue weighted by atomic mass is 10.0. The fourth-order valence-corrected chi connectivity index (χ4v) is 3.31. The summed E-state index contributed by atoms with van der Waals surface area (Å²) in [7, 11) is 1.69. The van der Waals surface area contributed by atoms with Gasteiger partial charge in [-0.05, 0) is 38.9 Å². The fourth-order valence-electron chi connectivity index (χ4n) is 3.31. The van der Waals surface area contributed by atoms with E-state index in [1.54, 1.807) is 18.1 Å². The number of hydrogen-bond donors (Lipinski definition) is 1. The second-order valence-electron chi connectivity index (χ2n) is 6.30. The van der Waals surface area contributed by atoms with Crippen LogP contribution in [0.3, 0.4) is 0 Å². The molecule has 25 heavy (non-hydrogen) atoms. The van der Waals surface area contributed by atoms with Crippen LogP contribution in [0.4, 0.5) is 0 Å². The Labute approximate surface area is 148 Å². The van der Waals surface area contributed by atoms with Gasteiger partial charge in [0.15, 0.2) is 0 Å². The molecule has 1 fully saturated rings. The van der Waals surface area contributed by atoms with Gasteiger partial charge in [0.05, 0.1) is 13.2 Å². The first kappa shape index (κ1) is 17.4. The molecule has 2 heterocycles. The molecule has 3 rings (SSSR count). The van der Waals surface area contributed by atoms with Crippen LogP contribution in [0, 0.1) is 0 Å². The number of rotatable bonds is 7. The lowest BCUT2D eigenvalue weighted by molar-refractivity contribution is -0.124. The number of aromatic nitrogens is 3. The molecule has 1 aliphatic rings. The monoisotopic (exact) mass is 343 g/mol. The highest BCUT2D eigenvalue weighted by atomic mass is 16.5. The second kappa shape index (κ2) is 8.11. The average Bonchev–Trinajstić information content (AvgIpc) is 3.35. The smallest absolute Gasteiger partial charge is 0.244 e. The number of amides is 1. The summed E-state index contributed by atoms with van der Waals surface area (Å²) in [6, 6.07) is 7.74. The van der Waals surface area contributed by atoms with Crippen molar-refractivity contribution < 1.29 is 9.53 Å². The van der Waals surface area contributed by atoms with Gasteiger partial charge >= 0.3 is 0 Å². The zero-order chi connectivity index (χ0) is 17.6. The average molecular weight is 343 g/mol. The molecule has 0 radical (unpaired) electrons. The molecular weight excluding hydrogens is 318 g/mol. The summed E-state index contributed by atoms with van der Waals surface area (Å²) in [6.07, 6.45) is 5.37. The van der Waals surface area contributed by atoms with Gasteiger partial charge in [-0.3, -0.25) is 9.69 Å². The largest absolute Gasteiger partial charge is 0.496 e. The number of likely N-dealkylation sites (tertiary alicyclic amines) is 1. The zero-order valence-corrected chi connectivity index (χ0v) is 14.8. The summed E-state index contributed by atoms with van der Waals surface area (Å²) in [5, 5.41) is 7.11. The minimum atomic E-state index is -0.389. The standard InChI is InChI=1S/C18H25N5O2/c1-14(23-13-19-12-21-23)18(24)20-11-16(22-9-5-6-10-22)15-7-3-4-8-17(15)25-2/h3-4,7-8,12-14,16H,5-6,9-11H2,1-2H3,(H,20,24)/t14-,16-/m0/s1. The highest BCUT2D eigenvalue weighted by Gasteiger charge is 2.27. The van der Waals surface area contributed by atoms with Gasteiger partial charge in [0.2, 0.25) is 5.91 Å². The van der Waals surface area contributed by atoms with Gasteiger partial charge in [-0.1, -0.05) is 18.2 Å². The Morgan fingerprint density at radius 1 is 1.32 bits per heavy atom. The number of carbonyl (C=O) groups is 1. The first-order valence-electron chi connectivity index (χ1n) is 8.69. The van der Waals surface area contributed by atoms with E-state index in [0.29, 0.717) is 6.54 Å². The van der Waals surface area contributed by atoms with Gasteiger partial charge in [-0.15, -0.1) is 0 Å². The summed E-state index contributed by atoms with van der Waals surface area (Å²) in [6.45, 7) is 4.44. The molecule has 0 aliphatic carbocycles. The van der Waals surface area contributed by atoms with Crippen molar-refractivity contribution in [2.75, 3.05) is 26.7 Å². The number of methoxy groups -OCH3 is 1. The molecule has 7 heteroatoms. The highest BCUT2D eigenvalue weighted by molar-refractivity contribution is 5.79. The third-order valence-electron chi connectivity index (χ3n) is 4.76. The van der Waals surface area contributed by atoms with Crippen molar-refractivity contribution in [1.82, 2.24) is 25.0 Å².